The van der Waals surface area contributed by atoms with Gasteiger partial charge in [-0.05, 0) is 167 Å². The molecule has 0 saturated heterocycles. The van der Waals surface area contributed by atoms with E-state index in [4.69, 9.17) is 59.9 Å². The number of aromatic carboxylic acids is 1. The molecule has 130 heavy (non-hydrogen) atoms. The quantitative estimate of drug-likeness (QED) is 0.0144. The molecule has 0 unspecified atom stereocenters. The van der Waals surface area contributed by atoms with Gasteiger partial charge >= 0.3 is 46.9 Å². The maximum atomic E-state index is 15.0. The Morgan fingerprint density at radius 2 is 0.869 bits per heavy atom. The van der Waals surface area contributed by atoms with Crippen molar-refractivity contribution in [2.45, 2.75) is 48.0 Å². The topological polar surface area (TPSA) is 408 Å². The van der Waals surface area contributed by atoms with Crippen molar-refractivity contribution in [3.63, 3.8) is 0 Å². The minimum absolute atomic E-state index is 0. The molecule has 10 aromatic heterocycles. The van der Waals surface area contributed by atoms with Crippen LogP contribution in [0.4, 0.5) is 43.4 Å². The Kier molecular flexibility index (Phi) is 35.2. The molecule has 33 nitrogen and oxygen atoms in total. The summed E-state index contributed by atoms with van der Waals surface area (Å²) in [6, 6.07) is 38.1. The number of Topliss-reactive ketones (excluding diaryl/α,β-unsaturated/α-hetero) is 4. The van der Waals surface area contributed by atoms with Gasteiger partial charge in [-0.2, -0.15) is 25.4 Å². The van der Waals surface area contributed by atoms with Crippen molar-refractivity contribution in [2.24, 2.45) is 14.1 Å². The number of carboxylic acid groups (broad SMARTS) is 1. The molecular weight excluding hydrogens is 1820 g/mol. The number of fused-ring (bicyclic) bond motifs is 4. The van der Waals surface area contributed by atoms with E-state index in [1.54, 1.807) is 106 Å². The molecule has 46 heteroatoms. The van der Waals surface area contributed by atoms with E-state index in [9.17, 15) is 80.5 Å². The van der Waals surface area contributed by atoms with Gasteiger partial charge in [0, 0.05) is 120 Å². The van der Waals surface area contributed by atoms with Gasteiger partial charge in [-0.15, -0.1) is 0 Å². The number of anilines is 1. The second kappa shape index (κ2) is 45.1. The van der Waals surface area contributed by atoms with Crippen LogP contribution < -0.4 is 65.4 Å². The molecule has 0 aliphatic carbocycles. The number of carbonyl (C=O) groups is 6. The van der Waals surface area contributed by atoms with Crippen molar-refractivity contribution >= 4 is 135 Å². The van der Waals surface area contributed by atoms with E-state index >= 15 is 4.39 Å². The molecule has 3 radical (unpaired) electrons. The van der Waals surface area contributed by atoms with Gasteiger partial charge < -0.3 is 31.2 Å². The summed E-state index contributed by atoms with van der Waals surface area (Å²) < 4.78 is 116. The summed E-state index contributed by atoms with van der Waals surface area (Å²) in [5.41, 5.74) is 8.60. The van der Waals surface area contributed by atoms with Crippen molar-refractivity contribution in [1.82, 2.24) is 62.2 Å². The van der Waals surface area contributed by atoms with Gasteiger partial charge in [-0.1, -0.05) is 6.07 Å². The Labute approximate surface area is 777 Å². The SMILES string of the molecule is CC(=O)Cl.CC(=O)c1ccn2nccc(Oc3ccc(N)cc3F)c12.CC(=O)c1ccn2nccc(Oc3ccc([N+](=O)[O-])cc3F)c12.CC(=O)c1ccn2ncnc(Oc3ccc(CC(=O)c4c(C)n(C)n(-c5ccc(F)cc5)c4=O)cc3F)c12.Cc1c(C(=O)O)c(=O)n(-c2ccc(F)cc2)n1C.O=[N+]([O-])c1ccc(Oc2ccnn3cccc23)c(F)c1.[B].[Cl][Al]([Cl])[Cl].[H-].[Na+]. The average molecular weight is 1890 g/mol. The first kappa shape index (κ1) is 101. The standard InChI is InChI=1S/C27H21F2N5O4.C15H10FN3O4.C15H12FN3O2.C13H8FN3O3.C12H11FN2O3.C2H3ClO.Al.B.3ClH.Na.H/c1-15-24(27(37)34(32(15)3)19-7-5-18(28)6-8-19)22(36)13-17-4-9-23(21(29)12-17)38-26-25-20(16(2)35)10-11-33(25)31-14-30-26;1-9(20)11-5-7-18-15(11)14(4-6-17-18)23-13-3-2-10(19(21)22)8-12(13)16;1-9(20)11-5-7-19-15(11)14(4-6-18-19)21-13-3-2-10(17)8-12(13)16;14-10-8-9(17(18)19)3-4-12(10)20-13-5-6-15-16-7-1-2-11(13)16;1-7-10(12(17)18)11(16)15(14(7)2)9-5-3-8(13)4-6-9;1-2(3)4;;;;;;;/h4-12,14H,13H2,1-3H3;2-8H,1H3;2-8H,17H2,1H3;1-8H;3-6H,1-2H3,(H,17,18);1H3;;;3*1H;;/q;;;;;;+3;;;;;+1;-1/p-3. The summed E-state index contributed by atoms with van der Waals surface area (Å²) in [6.45, 7) is 8.72. The fourth-order valence-electron chi connectivity index (χ4n) is 12.2. The van der Waals surface area contributed by atoms with Crippen LogP contribution in [-0.2, 0) is 25.3 Å². The van der Waals surface area contributed by atoms with Gasteiger partial charge in [0.2, 0.25) is 11.1 Å². The molecule has 3 N–H and O–H groups in total. The number of nitrogen functional groups attached to an aromatic ring is 1. The Bertz CT molecular complexity index is 7100. The molecule has 0 saturated carbocycles. The smallest absolute Gasteiger partial charge is 1.00 e. The van der Waals surface area contributed by atoms with Gasteiger partial charge in [0.05, 0.1) is 63.2 Å². The van der Waals surface area contributed by atoms with Crippen LogP contribution in [0, 0.1) is 69.0 Å². The fourth-order valence-corrected chi connectivity index (χ4v) is 12.2. The molecular formula is C84H66AlBCl4F6N16NaO17. The molecule has 10 heterocycles. The predicted octanol–water partition coefficient (Wildman–Crippen LogP) is 14.3. The Balaban J connectivity index is 0.000000224. The number of carbonyl (C=O) groups excluding carboxylic acids is 5. The first-order valence-electron chi connectivity index (χ1n) is 36.8. The molecule has 0 fully saturated rings. The summed E-state index contributed by atoms with van der Waals surface area (Å²) in [7, 11) is 18.0. The molecule has 0 amide bonds. The number of non-ortho nitro benzene ring substituents is 2. The maximum Gasteiger partial charge on any atom is 1.00 e. The Morgan fingerprint density at radius 3 is 1.28 bits per heavy atom. The summed E-state index contributed by atoms with van der Waals surface area (Å²) in [5, 5.41) is 46.0. The van der Waals surface area contributed by atoms with Gasteiger partial charge in [0.25, 0.3) is 22.5 Å². The number of rotatable bonds is 19. The number of nitrogens with two attached hydrogens (primary N) is 1. The molecule has 0 spiro atoms. The largest absolute Gasteiger partial charge is 1.00 e. The van der Waals surface area contributed by atoms with Crippen molar-refractivity contribution in [3.05, 3.63) is 340 Å². The molecule has 0 bridgehead atoms. The number of nitrogens with zero attached hydrogens (tertiary/aromatic N) is 15. The number of nitro groups is 2. The number of aromatic nitrogens is 13. The van der Waals surface area contributed by atoms with E-state index in [2.05, 4.69) is 37.0 Å². The molecule has 0 atom stereocenters. The van der Waals surface area contributed by atoms with Crippen LogP contribution in [0.2, 0.25) is 0 Å². The number of carboxylic acids is 1. The molecule has 6 aromatic carbocycles. The van der Waals surface area contributed by atoms with Gasteiger partial charge in [-0.3, -0.25) is 63.2 Å². The third kappa shape index (κ3) is 24.6. The Hall–Kier alpha value is -14.0. The van der Waals surface area contributed by atoms with E-state index < -0.39 is 79.0 Å². The number of ketones is 4. The second-order valence-corrected chi connectivity index (χ2v) is 33.6. The van der Waals surface area contributed by atoms with Crippen LogP contribution in [0.1, 0.15) is 97.9 Å². The zero-order chi connectivity index (χ0) is 93.4. The summed E-state index contributed by atoms with van der Waals surface area (Å²) >= 11 is 2.91. The van der Waals surface area contributed by atoms with Crippen LogP contribution in [0.25, 0.3) is 33.4 Å². The van der Waals surface area contributed by atoms with Crippen LogP contribution in [0.5, 0.6) is 46.1 Å². The number of nitro benzene ring substituents is 2. The maximum absolute atomic E-state index is 15.0. The third-order valence-electron chi connectivity index (χ3n) is 18.2. The normalized spacial score (nSPS) is 10.4. The summed E-state index contributed by atoms with van der Waals surface area (Å²) in [6.07, 6.45) is 12.0. The monoisotopic (exact) mass is 1890 g/mol. The number of hydrogen-bond donors (Lipinski definition) is 2. The number of hydrogen-bond acceptors (Lipinski definition) is 22. The van der Waals surface area contributed by atoms with Crippen LogP contribution in [-0.4, -0.2) is 131 Å². The first-order valence-corrected chi connectivity index (χ1v) is 42.4. The van der Waals surface area contributed by atoms with Crippen molar-refractivity contribution in [3.8, 4) is 57.5 Å². The van der Waals surface area contributed by atoms with E-state index in [1.165, 1.54) is 182 Å². The second-order valence-electron chi connectivity index (χ2n) is 26.6. The molecule has 16 aromatic rings. The number of ether oxygens (including phenoxy) is 4. The first-order chi connectivity index (χ1) is 60.7. The number of halogens is 10. The van der Waals surface area contributed by atoms with Crippen molar-refractivity contribution < 1.29 is 120 Å². The number of benzene rings is 6. The predicted molar refractivity (Wildman–Crippen MR) is 465 cm³/mol. The molecule has 661 valence electrons. The van der Waals surface area contributed by atoms with E-state index in [-0.39, 0.29) is 126 Å². The van der Waals surface area contributed by atoms with E-state index in [0.717, 1.165) is 24.3 Å². The van der Waals surface area contributed by atoms with Crippen LogP contribution in [0.3, 0.4) is 0 Å². The summed E-state index contributed by atoms with van der Waals surface area (Å²) in [5.74, 6) is -5.54. The minimum Gasteiger partial charge on any atom is -1.00 e. The molecule has 0 aliphatic rings. The van der Waals surface area contributed by atoms with E-state index in [1.807, 2.05) is 0 Å². The third-order valence-corrected chi connectivity index (χ3v) is 18.2. The van der Waals surface area contributed by atoms with Crippen molar-refractivity contribution in [1.29, 1.82) is 0 Å². The van der Waals surface area contributed by atoms with Crippen molar-refractivity contribution in [2.75, 3.05) is 5.73 Å². The fraction of sp³-hybridized carbons (Fsp3) is 0.107. The van der Waals surface area contributed by atoms with Gasteiger partial charge in [0.1, 0.15) is 51.2 Å². The minimum atomic E-state index is -1.72. The zero-order valence-corrected chi connectivity index (χ0v) is 75.4. The van der Waals surface area contributed by atoms with E-state index in [0.29, 0.717) is 84.3 Å². The zero-order valence-electron chi connectivity index (χ0n) is 70.2. The van der Waals surface area contributed by atoms with Crippen LogP contribution >= 0.6 is 41.7 Å². The van der Waals surface area contributed by atoms with Crippen LogP contribution in [0.15, 0.2) is 229 Å². The Morgan fingerprint density at radius 1 is 0.492 bits per heavy atom. The average Bonchev–Trinajstić information content (AvgIpc) is 1.63. The molecule has 16 rings (SSSR count). The summed E-state index contributed by atoms with van der Waals surface area (Å²) in [4.78, 5) is 118. The van der Waals surface area contributed by atoms with Gasteiger partial charge in [-0.25, -0.2) is 88.7 Å². The van der Waals surface area contributed by atoms with Gasteiger partial charge in [0.15, 0.2) is 86.6 Å². The molecule has 0 aliphatic heterocycles.